The topological polar surface area (TPSA) is 113 Å². The highest BCUT2D eigenvalue weighted by Crippen LogP contribution is 2.37. The van der Waals surface area contributed by atoms with Gasteiger partial charge in [-0.15, -0.1) is 0 Å². The predicted molar refractivity (Wildman–Crippen MR) is 144 cm³/mol. The first-order valence-electron chi connectivity index (χ1n) is 14.0. The van der Waals surface area contributed by atoms with E-state index in [1.807, 2.05) is 33.9 Å². The molecule has 4 heterocycles. The Morgan fingerprint density at radius 3 is 2.55 bits per heavy atom. The summed E-state index contributed by atoms with van der Waals surface area (Å²) in [6, 6.07) is 10.2. The van der Waals surface area contributed by atoms with Crippen molar-refractivity contribution >= 4 is 22.8 Å². The van der Waals surface area contributed by atoms with Gasteiger partial charge in [-0.2, -0.15) is 4.98 Å². The summed E-state index contributed by atoms with van der Waals surface area (Å²) in [5.74, 6) is 1.67. The molecule has 6 rings (SSSR count). The van der Waals surface area contributed by atoms with Crippen LogP contribution in [-0.2, 0) is 15.1 Å². The zero-order valence-corrected chi connectivity index (χ0v) is 21.8. The van der Waals surface area contributed by atoms with Crippen LogP contribution in [0.1, 0.15) is 56.9 Å². The minimum Gasteiger partial charge on any atom is -0.393 e. The lowest BCUT2D eigenvalue weighted by molar-refractivity contribution is -0.138. The van der Waals surface area contributed by atoms with Crippen molar-refractivity contribution in [1.29, 1.82) is 0 Å². The maximum absolute atomic E-state index is 12.9. The summed E-state index contributed by atoms with van der Waals surface area (Å²) in [6.45, 7) is 2.46. The highest BCUT2D eigenvalue weighted by molar-refractivity contribution is 5.86. The van der Waals surface area contributed by atoms with Crippen molar-refractivity contribution in [2.75, 3.05) is 31.6 Å². The Morgan fingerprint density at radius 1 is 1.03 bits per heavy atom. The number of carbonyl (C=O) groups excluding carboxylic acids is 1. The van der Waals surface area contributed by atoms with Crippen LogP contribution in [0, 0.1) is 5.92 Å². The summed E-state index contributed by atoms with van der Waals surface area (Å²) < 4.78 is 7.52. The van der Waals surface area contributed by atoms with Crippen molar-refractivity contribution in [3.05, 3.63) is 48.3 Å². The van der Waals surface area contributed by atoms with E-state index in [4.69, 9.17) is 9.72 Å². The van der Waals surface area contributed by atoms with Crippen LogP contribution in [0.2, 0.25) is 0 Å². The number of fused-ring (bicyclic) bond motifs is 1. The monoisotopic (exact) mass is 519 g/mol. The molecule has 0 atom stereocenters. The number of ether oxygens (including phenoxy) is 1. The zero-order valence-electron chi connectivity index (χ0n) is 21.8. The van der Waals surface area contributed by atoms with Gasteiger partial charge in [0, 0.05) is 68.9 Å². The first kappa shape index (κ1) is 25.3. The third-order valence-electron chi connectivity index (χ3n) is 8.63. The van der Waals surface area contributed by atoms with Crippen molar-refractivity contribution in [2.45, 2.75) is 69.1 Å². The van der Waals surface area contributed by atoms with E-state index >= 15 is 0 Å². The van der Waals surface area contributed by atoms with Gasteiger partial charge in [-0.3, -0.25) is 4.79 Å². The number of rotatable bonds is 5. The standard InChI is InChI=1S/C29H37N5O4/c35-22-9-15-33(16-10-22)27(36)20-4-6-21(7-5-20)31-28-30-14-8-26(32-28)34-17-11-23-24(2-1-3-25(23)34)29(37)12-18-38-19-13-29/h1-3,8,11,14,17,20-22,35,37H,4-7,9-10,12-13,15-16,18-19H2,(H,30,31,32)/t20-,21-. The normalized spacial score (nSPS) is 24.4. The third-order valence-corrected chi connectivity index (χ3v) is 8.63. The second kappa shape index (κ2) is 10.6. The molecular weight excluding hydrogens is 482 g/mol. The van der Waals surface area contributed by atoms with E-state index in [2.05, 4.69) is 22.4 Å². The summed E-state index contributed by atoms with van der Waals surface area (Å²) in [5, 5.41) is 25.6. The average molecular weight is 520 g/mol. The summed E-state index contributed by atoms with van der Waals surface area (Å²) in [4.78, 5) is 24.1. The Bertz CT molecular complexity index is 1270. The number of aromatic nitrogens is 3. The summed E-state index contributed by atoms with van der Waals surface area (Å²) in [7, 11) is 0. The van der Waals surface area contributed by atoms with Crippen LogP contribution >= 0.6 is 0 Å². The van der Waals surface area contributed by atoms with Crippen molar-refractivity contribution in [1.82, 2.24) is 19.4 Å². The van der Waals surface area contributed by atoms with E-state index in [-0.39, 0.29) is 24.0 Å². The van der Waals surface area contributed by atoms with Crippen LogP contribution in [0.3, 0.4) is 0 Å². The zero-order chi connectivity index (χ0) is 26.1. The van der Waals surface area contributed by atoms with Crippen LogP contribution in [0.25, 0.3) is 16.7 Å². The number of piperidine rings is 1. The van der Waals surface area contributed by atoms with Crippen molar-refractivity contribution in [3.8, 4) is 5.82 Å². The molecule has 0 bridgehead atoms. The van der Waals surface area contributed by atoms with Crippen LogP contribution in [-0.4, -0.2) is 74.0 Å². The SMILES string of the molecule is O=C([C@H]1CC[C@H](Nc2nccc(-n3ccc4c(C5(O)CCOCC5)cccc43)n2)CC1)N1CCC(O)CC1. The largest absolute Gasteiger partial charge is 0.393 e. The summed E-state index contributed by atoms with van der Waals surface area (Å²) in [5.41, 5.74) is 1.06. The van der Waals surface area contributed by atoms with E-state index in [0.717, 1.165) is 48.0 Å². The molecule has 3 aliphatic rings. The number of nitrogens with zero attached hydrogens (tertiary/aromatic N) is 4. The third kappa shape index (κ3) is 5.02. The molecule has 9 nitrogen and oxygen atoms in total. The summed E-state index contributed by atoms with van der Waals surface area (Å²) >= 11 is 0. The molecule has 1 aliphatic carbocycles. The van der Waals surface area contributed by atoms with Crippen molar-refractivity contribution in [2.24, 2.45) is 5.92 Å². The van der Waals surface area contributed by atoms with Gasteiger partial charge >= 0.3 is 0 Å². The molecular formula is C29H37N5O4. The van der Waals surface area contributed by atoms with Crippen LogP contribution < -0.4 is 5.32 Å². The highest BCUT2D eigenvalue weighted by atomic mass is 16.5. The second-order valence-electron chi connectivity index (χ2n) is 11.1. The number of hydrogen-bond acceptors (Lipinski definition) is 7. The molecule has 38 heavy (non-hydrogen) atoms. The number of anilines is 1. The lowest BCUT2D eigenvalue weighted by atomic mass is 9.84. The Morgan fingerprint density at radius 2 is 1.79 bits per heavy atom. The number of carbonyl (C=O) groups is 1. The number of aliphatic hydroxyl groups excluding tert-OH is 1. The van der Waals surface area contributed by atoms with E-state index in [0.29, 0.717) is 57.9 Å². The molecule has 0 unspecified atom stereocenters. The van der Waals surface area contributed by atoms with Gasteiger partial charge in [0.25, 0.3) is 0 Å². The van der Waals surface area contributed by atoms with Gasteiger partial charge in [0.2, 0.25) is 11.9 Å². The summed E-state index contributed by atoms with van der Waals surface area (Å²) in [6.07, 6.45) is 9.57. The first-order chi connectivity index (χ1) is 18.5. The van der Waals surface area contributed by atoms with E-state index in [1.54, 1.807) is 6.20 Å². The van der Waals surface area contributed by atoms with Gasteiger partial charge in [0.15, 0.2) is 0 Å². The van der Waals surface area contributed by atoms with E-state index in [9.17, 15) is 15.0 Å². The fourth-order valence-corrected chi connectivity index (χ4v) is 6.32. The Kier molecular flexibility index (Phi) is 7.07. The number of amides is 1. The van der Waals surface area contributed by atoms with Crippen molar-refractivity contribution < 1.29 is 19.7 Å². The van der Waals surface area contributed by atoms with Crippen LogP contribution in [0.5, 0.6) is 0 Å². The Balaban J connectivity index is 1.13. The maximum Gasteiger partial charge on any atom is 0.225 e. The first-order valence-corrected chi connectivity index (χ1v) is 14.0. The highest BCUT2D eigenvalue weighted by Gasteiger charge is 2.34. The minimum absolute atomic E-state index is 0.0709. The second-order valence-corrected chi connectivity index (χ2v) is 11.1. The van der Waals surface area contributed by atoms with Crippen LogP contribution in [0.15, 0.2) is 42.7 Å². The number of nitrogens with one attached hydrogen (secondary N) is 1. The quantitative estimate of drug-likeness (QED) is 0.474. The average Bonchev–Trinajstić information content (AvgIpc) is 3.38. The van der Waals surface area contributed by atoms with Gasteiger partial charge in [0.05, 0.1) is 17.2 Å². The molecule has 1 aromatic carbocycles. The van der Waals surface area contributed by atoms with Gasteiger partial charge in [0.1, 0.15) is 5.82 Å². The molecule has 9 heteroatoms. The molecule has 3 N–H and O–H groups in total. The molecule has 1 amide bonds. The lowest BCUT2D eigenvalue weighted by Gasteiger charge is -2.35. The predicted octanol–water partition coefficient (Wildman–Crippen LogP) is 3.37. The van der Waals surface area contributed by atoms with E-state index in [1.165, 1.54) is 0 Å². The maximum atomic E-state index is 12.9. The number of aliphatic hydroxyl groups is 2. The number of hydrogen-bond donors (Lipinski definition) is 3. The van der Waals surface area contributed by atoms with Gasteiger partial charge in [-0.1, -0.05) is 12.1 Å². The molecule has 2 saturated heterocycles. The van der Waals surface area contributed by atoms with Crippen molar-refractivity contribution in [3.63, 3.8) is 0 Å². The lowest BCUT2D eigenvalue weighted by Crippen LogP contribution is -2.44. The van der Waals surface area contributed by atoms with E-state index < -0.39 is 5.60 Å². The smallest absolute Gasteiger partial charge is 0.225 e. The number of benzene rings is 1. The molecule has 2 aliphatic heterocycles. The van der Waals surface area contributed by atoms with Crippen LogP contribution in [0.4, 0.5) is 5.95 Å². The number of likely N-dealkylation sites (tertiary alicyclic amines) is 1. The van der Waals surface area contributed by atoms with Gasteiger partial charge in [-0.05, 0) is 62.3 Å². The Hall–Kier alpha value is -3.01. The fourth-order valence-electron chi connectivity index (χ4n) is 6.32. The molecule has 3 aromatic rings. The fraction of sp³-hybridized carbons (Fsp3) is 0.552. The molecule has 1 saturated carbocycles. The Labute approximate surface area is 222 Å². The molecule has 2 aromatic heterocycles. The minimum atomic E-state index is -0.877. The molecule has 202 valence electrons. The molecule has 0 radical (unpaired) electrons. The molecule has 0 spiro atoms. The van der Waals surface area contributed by atoms with Gasteiger partial charge < -0.3 is 29.7 Å². The molecule has 3 fully saturated rings. The van der Waals surface area contributed by atoms with Gasteiger partial charge in [-0.25, -0.2) is 4.98 Å².